The molecule has 1 aromatic rings. The van der Waals surface area contributed by atoms with E-state index in [4.69, 9.17) is 16.3 Å². The Bertz CT molecular complexity index is 401. The Kier molecular flexibility index (Phi) is 4.83. The number of nitrogens with one attached hydrogen (secondary N) is 2. The van der Waals surface area contributed by atoms with E-state index in [2.05, 4.69) is 10.6 Å². The van der Waals surface area contributed by atoms with Crippen LogP contribution in [0.15, 0.2) is 18.2 Å². The molecule has 100 valence electrons. The minimum absolute atomic E-state index is 0.259. The van der Waals surface area contributed by atoms with E-state index in [9.17, 15) is 5.11 Å². The van der Waals surface area contributed by atoms with Crippen LogP contribution in [0.4, 0.5) is 0 Å². The number of methoxy groups -OCH3 is 1. The van der Waals surface area contributed by atoms with Crippen molar-refractivity contribution in [3.8, 4) is 5.75 Å². The highest BCUT2D eigenvalue weighted by molar-refractivity contribution is 6.31. The summed E-state index contributed by atoms with van der Waals surface area (Å²) < 4.78 is 5.28. The first-order valence-electron chi connectivity index (χ1n) is 6.13. The molecule has 2 rings (SSSR count). The minimum atomic E-state index is -0.259. The molecule has 1 aliphatic heterocycles. The van der Waals surface area contributed by atoms with Crippen molar-refractivity contribution >= 4 is 11.6 Å². The number of hydrogen-bond acceptors (Lipinski definition) is 4. The highest BCUT2D eigenvalue weighted by atomic mass is 35.5. The van der Waals surface area contributed by atoms with Crippen molar-refractivity contribution in [2.45, 2.75) is 12.6 Å². The molecule has 0 radical (unpaired) electrons. The van der Waals surface area contributed by atoms with Gasteiger partial charge in [-0.25, -0.2) is 0 Å². The molecule has 0 saturated carbocycles. The van der Waals surface area contributed by atoms with Gasteiger partial charge >= 0.3 is 0 Å². The normalized spacial score (nSPS) is 23.3. The summed E-state index contributed by atoms with van der Waals surface area (Å²) in [5, 5.41) is 16.9. The van der Waals surface area contributed by atoms with Gasteiger partial charge in [-0.05, 0) is 12.1 Å². The standard InChI is InChI=1S/C13H19ClN2O2/c1-18-13-4-2-3-11(14)10(13)7-15-5-9-6-16-8-12(9)17/h2-4,9,12,15-17H,5-8H2,1H3. The summed E-state index contributed by atoms with van der Waals surface area (Å²) in [7, 11) is 1.64. The van der Waals surface area contributed by atoms with E-state index in [1.807, 2.05) is 18.2 Å². The molecule has 0 aliphatic carbocycles. The van der Waals surface area contributed by atoms with E-state index < -0.39 is 0 Å². The Labute approximate surface area is 112 Å². The minimum Gasteiger partial charge on any atom is -0.496 e. The van der Waals surface area contributed by atoms with Gasteiger partial charge < -0.3 is 20.5 Å². The van der Waals surface area contributed by atoms with Gasteiger partial charge in [-0.1, -0.05) is 17.7 Å². The summed E-state index contributed by atoms with van der Waals surface area (Å²) in [6.45, 7) is 2.95. The first kappa shape index (κ1) is 13.6. The number of benzene rings is 1. The molecule has 2 atom stereocenters. The molecule has 5 heteroatoms. The third-order valence-corrected chi connectivity index (χ3v) is 3.66. The zero-order valence-corrected chi connectivity index (χ0v) is 11.2. The predicted molar refractivity (Wildman–Crippen MR) is 72.1 cm³/mol. The van der Waals surface area contributed by atoms with Gasteiger partial charge in [-0.2, -0.15) is 0 Å². The topological polar surface area (TPSA) is 53.5 Å². The molecule has 2 unspecified atom stereocenters. The smallest absolute Gasteiger partial charge is 0.124 e. The second kappa shape index (κ2) is 6.38. The number of hydrogen-bond donors (Lipinski definition) is 3. The molecular weight excluding hydrogens is 252 g/mol. The largest absolute Gasteiger partial charge is 0.496 e. The maximum absolute atomic E-state index is 9.69. The number of β-amino-alcohol motifs (C(OH)–C–C–N with tert-alkyl or cyclic N) is 1. The number of halogens is 1. The maximum Gasteiger partial charge on any atom is 0.124 e. The van der Waals surface area contributed by atoms with Crippen LogP contribution in [0.25, 0.3) is 0 Å². The summed E-state index contributed by atoms with van der Waals surface area (Å²) in [4.78, 5) is 0. The van der Waals surface area contributed by atoms with Crippen LogP contribution in [0.5, 0.6) is 5.75 Å². The predicted octanol–water partition coefficient (Wildman–Crippen LogP) is 1.02. The fourth-order valence-corrected chi connectivity index (χ4v) is 2.44. The van der Waals surface area contributed by atoms with Gasteiger partial charge in [0.25, 0.3) is 0 Å². The Hall–Kier alpha value is -0.810. The van der Waals surface area contributed by atoms with Crippen molar-refractivity contribution < 1.29 is 9.84 Å². The van der Waals surface area contributed by atoms with Crippen LogP contribution >= 0.6 is 11.6 Å². The Morgan fingerprint density at radius 3 is 3.00 bits per heavy atom. The van der Waals surface area contributed by atoms with E-state index in [0.717, 1.165) is 24.4 Å². The van der Waals surface area contributed by atoms with Gasteiger partial charge in [-0.3, -0.25) is 0 Å². The third-order valence-electron chi connectivity index (χ3n) is 3.31. The fourth-order valence-electron chi connectivity index (χ4n) is 2.21. The lowest BCUT2D eigenvalue weighted by Crippen LogP contribution is -2.30. The van der Waals surface area contributed by atoms with Crippen molar-refractivity contribution in [3.63, 3.8) is 0 Å². The number of aliphatic hydroxyl groups is 1. The number of aliphatic hydroxyl groups excluding tert-OH is 1. The number of ether oxygens (including phenoxy) is 1. The molecule has 1 aromatic carbocycles. The van der Waals surface area contributed by atoms with Gasteiger partial charge in [0.1, 0.15) is 5.75 Å². The van der Waals surface area contributed by atoms with Crippen LogP contribution in [-0.4, -0.2) is 38.0 Å². The monoisotopic (exact) mass is 270 g/mol. The molecular formula is C13H19ClN2O2. The summed E-state index contributed by atoms with van der Waals surface area (Å²) in [5.74, 6) is 1.05. The average Bonchev–Trinajstić information content (AvgIpc) is 2.77. The maximum atomic E-state index is 9.69. The number of rotatable bonds is 5. The highest BCUT2D eigenvalue weighted by Crippen LogP contribution is 2.25. The Morgan fingerprint density at radius 1 is 1.50 bits per heavy atom. The molecule has 3 N–H and O–H groups in total. The molecule has 1 fully saturated rings. The van der Waals surface area contributed by atoms with Gasteiger partial charge in [0.2, 0.25) is 0 Å². The zero-order chi connectivity index (χ0) is 13.0. The Balaban J connectivity index is 1.90. The molecule has 1 aliphatic rings. The van der Waals surface area contributed by atoms with Crippen molar-refractivity contribution in [1.82, 2.24) is 10.6 Å². The molecule has 0 aromatic heterocycles. The van der Waals surface area contributed by atoms with E-state index in [0.29, 0.717) is 18.1 Å². The highest BCUT2D eigenvalue weighted by Gasteiger charge is 2.24. The van der Waals surface area contributed by atoms with Crippen LogP contribution < -0.4 is 15.4 Å². The lowest BCUT2D eigenvalue weighted by molar-refractivity contribution is 0.146. The second-order valence-corrected chi connectivity index (χ2v) is 4.94. The van der Waals surface area contributed by atoms with Crippen LogP contribution in [0.3, 0.4) is 0 Å². The molecule has 0 amide bonds. The zero-order valence-electron chi connectivity index (χ0n) is 10.4. The molecule has 0 bridgehead atoms. The van der Waals surface area contributed by atoms with Crippen molar-refractivity contribution in [1.29, 1.82) is 0 Å². The van der Waals surface area contributed by atoms with Crippen molar-refractivity contribution in [2.24, 2.45) is 5.92 Å². The summed E-state index contributed by atoms with van der Waals surface area (Å²) in [6.07, 6.45) is -0.259. The summed E-state index contributed by atoms with van der Waals surface area (Å²) >= 11 is 6.15. The first-order chi connectivity index (χ1) is 8.72. The van der Waals surface area contributed by atoms with Gasteiger partial charge in [0.15, 0.2) is 0 Å². The van der Waals surface area contributed by atoms with E-state index in [-0.39, 0.29) is 12.0 Å². The van der Waals surface area contributed by atoms with Crippen molar-refractivity contribution in [3.05, 3.63) is 28.8 Å². The summed E-state index contributed by atoms with van der Waals surface area (Å²) in [6, 6.07) is 5.62. The van der Waals surface area contributed by atoms with Crippen LogP contribution in [-0.2, 0) is 6.54 Å². The SMILES string of the molecule is COc1cccc(Cl)c1CNCC1CNCC1O. The van der Waals surface area contributed by atoms with Gasteiger partial charge in [0, 0.05) is 42.7 Å². The summed E-state index contributed by atoms with van der Waals surface area (Å²) in [5.41, 5.74) is 0.960. The van der Waals surface area contributed by atoms with Gasteiger partial charge in [0.05, 0.1) is 13.2 Å². The first-order valence-corrected chi connectivity index (χ1v) is 6.51. The van der Waals surface area contributed by atoms with Crippen LogP contribution in [0, 0.1) is 5.92 Å². The lowest BCUT2D eigenvalue weighted by Gasteiger charge is -2.16. The van der Waals surface area contributed by atoms with E-state index >= 15 is 0 Å². The molecule has 18 heavy (non-hydrogen) atoms. The van der Waals surface area contributed by atoms with Crippen LogP contribution in [0.2, 0.25) is 5.02 Å². The van der Waals surface area contributed by atoms with E-state index in [1.165, 1.54) is 0 Å². The second-order valence-electron chi connectivity index (χ2n) is 4.54. The van der Waals surface area contributed by atoms with Crippen LogP contribution in [0.1, 0.15) is 5.56 Å². The molecule has 1 saturated heterocycles. The quantitative estimate of drug-likeness (QED) is 0.748. The molecule has 0 spiro atoms. The van der Waals surface area contributed by atoms with Gasteiger partial charge in [-0.15, -0.1) is 0 Å². The molecule has 1 heterocycles. The third kappa shape index (κ3) is 3.14. The molecule has 4 nitrogen and oxygen atoms in total. The van der Waals surface area contributed by atoms with Crippen molar-refractivity contribution in [2.75, 3.05) is 26.7 Å². The van der Waals surface area contributed by atoms with E-state index in [1.54, 1.807) is 7.11 Å². The Morgan fingerprint density at radius 2 is 2.33 bits per heavy atom. The lowest BCUT2D eigenvalue weighted by atomic mass is 10.1. The average molecular weight is 271 g/mol. The fraction of sp³-hybridized carbons (Fsp3) is 0.538.